The zero-order chi connectivity index (χ0) is 18.6. The van der Waals surface area contributed by atoms with E-state index in [0.717, 1.165) is 19.3 Å². The Labute approximate surface area is 149 Å². The van der Waals surface area contributed by atoms with Crippen molar-refractivity contribution in [2.45, 2.75) is 58.4 Å². The summed E-state index contributed by atoms with van der Waals surface area (Å²) in [6.45, 7) is 5.68. The zero-order valence-electron chi connectivity index (χ0n) is 15.6. The van der Waals surface area contributed by atoms with Crippen LogP contribution in [0, 0.1) is 0 Å². The van der Waals surface area contributed by atoms with E-state index in [-0.39, 0.29) is 42.5 Å². The molecule has 1 aromatic carbocycles. The number of aryl methyl sites for hydroxylation is 2. The lowest BCUT2D eigenvalue weighted by Gasteiger charge is -2.23. The summed E-state index contributed by atoms with van der Waals surface area (Å²) < 4.78 is 0. The van der Waals surface area contributed by atoms with Crippen LogP contribution in [0.5, 0.6) is 0 Å². The lowest BCUT2D eigenvalue weighted by Crippen LogP contribution is -2.46. The Balaban J connectivity index is 1.82. The van der Waals surface area contributed by atoms with Gasteiger partial charge < -0.3 is 10.2 Å². The number of likely N-dealkylation sites (N-methyl/N-ethyl adjacent to an activating group) is 1. The molecule has 0 atom stereocenters. The van der Waals surface area contributed by atoms with E-state index in [1.807, 2.05) is 39.0 Å². The van der Waals surface area contributed by atoms with Crippen molar-refractivity contribution >= 4 is 17.6 Å². The monoisotopic (exact) mass is 344 g/mol. The molecular weight excluding hydrogens is 316 g/mol. The number of amides is 2. The van der Waals surface area contributed by atoms with Crippen molar-refractivity contribution in [1.82, 2.24) is 10.2 Å². The van der Waals surface area contributed by atoms with Crippen LogP contribution < -0.4 is 5.32 Å². The summed E-state index contributed by atoms with van der Waals surface area (Å²) in [6.07, 6.45) is 3.55. The fraction of sp³-hybridized carbons (Fsp3) is 0.550. The van der Waals surface area contributed by atoms with Crippen LogP contribution in [0.4, 0.5) is 0 Å². The van der Waals surface area contributed by atoms with Gasteiger partial charge in [0.15, 0.2) is 5.78 Å². The Bertz CT molecular complexity index is 674. The third-order valence-electron chi connectivity index (χ3n) is 4.31. The predicted molar refractivity (Wildman–Crippen MR) is 97.6 cm³/mol. The van der Waals surface area contributed by atoms with Gasteiger partial charge in [0.2, 0.25) is 11.8 Å². The van der Waals surface area contributed by atoms with E-state index in [1.165, 1.54) is 16.0 Å². The van der Waals surface area contributed by atoms with Crippen LogP contribution in [0.15, 0.2) is 18.2 Å². The van der Waals surface area contributed by atoms with Crippen LogP contribution >= 0.6 is 0 Å². The van der Waals surface area contributed by atoms with Gasteiger partial charge in [-0.05, 0) is 57.2 Å². The van der Waals surface area contributed by atoms with Crippen molar-refractivity contribution in [2.75, 3.05) is 13.6 Å². The third kappa shape index (κ3) is 5.69. The fourth-order valence-corrected chi connectivity index (χ4v) is 3.06. The first kappa shape index (κ1) is 19.2. The number of nitrogens with zero attached hydrogens (tertiary/aromatic N) is 1. The summed E-state index contributed by atoms with van der Waals surface area (Å²) in [6, 6.07) is 5.85. The molecule has 0 bridgehead atoms. The van der Waals surface area contributed by atoms with Gasteiger partial charge in [-0.2, -0.15) is 0 Å². The molecule has 0 unspecified atom stereocenters. The lowest BCUT2D eigenvalue weighted by atomic mass is 10.0. The molecule has 136 valence electrons. The maximum atomic E-state index is 12.3. The molecule has 1 N–H and O–H groups in total. The Kier molecular flexibility index (Phi) is 5.98. The van der Waals surface area contributed by atoms with E-state index in [1.54, 1.807) is 7.05 Å². The second-order valence-corrected chi connectivity index (χ2v) is 7.81. The van der Waals surface area contributed by atoms with Crippen molar-refractivity contribution in [2.24, 2.45) is 0 Å². The minimum Gasteiger partial charge on any atom is -0.350 e. The van der Waals surface area contributed by atoms with Crippen molar-refractivity contribution in [1.29, 1.82) is 0 Å². The van der Waals surface area contributed by atoms with E-state index in [2.05, 4.69) is 5.32 Å². The molecule has 1 aromatic rings. The predicted octanol–water partition coefficient (Wildman–Crippen LogP) is 2.51. The SMILES string of the molecule is CN(CC(=O)NC(C)(C)C)C(=O)CCC(=O)c1ccc2c(c1)CCC2. The van der Waals surface area contributed by atoms with Gasteiger partial charge in [-0.25, -0.2) is 0 Å². The molecule has 0 radical (unpaired) electrons. The van der Waals surface area contributed by atoms with Gasteiger partial charge in [0.05, 0.1) is 6.54 Å². The minimum absolute atomic E-state index is 0.00311. The van der Waals surface area contributed by atoms with Crippen LogP contribution in [-0.2, 0) is 22.4 Å². The normalized spacial score (nSPS) is 13.3. The largest absolute Gasteiger partial charge is 0.350 e. The van der Waals surface area contributed by atoms with E-state index in [0.29, 0.717) is 5.56 Å². The average Bonchev–Trinajstić information content (AvgIpc) is 2.97. The standard InChI is InChI=1S/C20H28N2O3/c1-20(2,3)21-18(24)13-22(4)19(25)11-10-17(23)16-9-8-14-6-5-7-15(14)12-16/h8-9,12H,5-7,10-11,13H2,1-4H3,(H,21,24). The molecule has 5 heteroatoms. The molecule has 1 aliphatic rings. The number of Topliss-reactive ketones (excluding diaryl/α,β-unsaturated/α-hetero) is 1. The molecule has 0 heterocycles. The number of benzene rings is 1. The second-order valence-electron chi connectivity index (χ2n) is 7.81. The average molecular weight is 344 g/mol. The van der Waals surface area contributed by atoms with E-state index >= 15 is 0 Å². The second kappa shape index (κ2) is 7.81. The summed E-state index contributed by atoms with van der Waals surface area (Å²) in [5.74, 6) is -0.414. The highest BCUT2D eigenvalue weighted by Crippen LogP contribution is 2.23. The number of rotatable bonds is 6. The lowest BCUT2D eigenvalue weighted by molar-refractivity contribution is -0.135. The summed E-state index contributed by atoms with van der Waals surface area (Å²) in [5, 5.41) is 2.82. The van der Waals surface area contributed by atoms with Gasteiger partial charge in [-0.15, -0.1) is 0 Å². The van der Waals surface area contributed by atoms with Gasteiger partial charge in [0.25, 0.3) is 0 Å². The number of hydrogen-bond donors (Lipinski definition) is 1. The first-order chi connectivity index (χ1) is 11.7. The summed E-state index contributed by atoms with van der Waals surface area (Å²) >= 11 is 0. The highest BCUT2D eigenvalue weighted by Gasteiger charge is 2.19. The van der Waals surface area contributed by atoms with Gasteiger partial charge in [-0.1, -0.05) is 12.1 Å². The molecule has 0 aliphatic heterocycles. The maximum Gasteiger partial charge on any atom is 0.240 e. The van der Waals surface area contributed by atoms with Crippen molar-refractivity contribution in [3.8, 4) is 0 Å². The number of hydrogen-bond acceptors (Lipinski definition) is 3. The van der Waals surface area contributed by atoms with E-state index in [4.69, 9.17) is 0 Å². The number of fused-ring (bicyclic) bond motifs is 1. The highest BCUT2D eigenvalue weighted by molar-refractivity contribution is 5.98. The molecule has 0 aromatic heterocycles. The number of carbonyl (C=O) groups excluding carboxylic acids is 3. The van der Waals surface area contributed by atoms with Crippen molar-refractivity contribution < 1.29 is 14.4 Å². The van der Waals surface area contributed by atoms with Gasteiger partial charge in [0.1, 0.15) is 0 Å². The zero-order valence-corrected chi connectivity index (χ0v) is 15.6. The molecule has 0 saturated heterocycles. The van der Waals surface area contributed by atoms with Crippen LogP contribution in [0.25, 0.3) is 0 Å². The van der Waals surface area contributed by atoms with Crippen LogP contribution in [-0.4, -0.2) is 41.6 Å². The van der Waals surface area contributed by atoms with Gasteiger partial charge in [0, 0.05) is 31.0 Å². The third-order valence-corrected chi connectivity index (χ3v) is 4.31. The Morgan fingerprint density at radius 1 is 1.08 bits per heavy atom. The Hall–Kier alpha value is -2.17. The van der Waals surface area contributed by atoms with Crippen molar-refractivity contribution in [3.63, 3.8) is 0 Å². The highest BCUT2D eigenvalue weighted by atomic mass is 16.2. The number of nitrogens with one attached hydrogen (secondary N) is 1. The topological polar surface area (TPSA) is 66.5 Å². The molecule has 25 heavy (non-hydrogen) atoms. The molecular formula is C20H28N2O3. The molecule has 0 fully saturated rings. The summed E-state index contributed by atoms with van der Waals surface area (Å²) in [5.41, 5.74) is 2.94. The van der Waals surface area contributed by atoms with Gasteiger partial charge >= 0.3 is 0 Å². The van der Waals surface area contributed by atoms with Crippen LogP contribution in [0.3, 0.4) is 0 Å². The minimum atomic E-state index is -0.329. The van der Waals surface area contributed by atoms with Crippen molar-refractivity contribution in [3.05, 3.63) is 34.9 Å². The molecule has 0 spiro atoms. The Morgan fingerprint density at radius 2 is 1.76 bits per heavy atom. The van der Waals surface area contributed by atoms with E-state index in [9.17, 15) is 14.4 Å². The molecule has 5 nitrogen and oxygen atoms in total. The Morgan fingerprint density at radius 3 is 2.44 bits per heavy atom. The first-order valence-corrected chi connectivity index (χ1v) is 8.86. The van der Waals surface area contributed by atoms with E-state index < -0.39 is 0 Å². The summed E-state index contributed by atoms with van der Waals surface area (Å²) in [4.78, 5) is 37.7. The fourth-order valence-electron chi connectivity index (χ4n) is 3.06. The van der Waals surface area contributed by atoms with Crippen LogP contribution in [0.2, 0.25) is 0 Å². The van der Waals surface area contributed by atoms with Gasteiger partial charge in [-0.3, -0.25) is 14.4 Å². The number of carbonyl (C=O) groups is 3. The molecule has 1 aliphatic carbocycles. The first-order valence-electron chi connectivity index (χ1n) is 8.86. The molecule has 2 amide bonds. The number of ketones is 1. The smallest absolute Gasteiger partial charge is 0.240 e. The van der Waals surface area contributed by atoms with Crippen LogP contribution in [0.1, 0.15) is 61.5 Å². The maximum absolute atomic E-state index is 12.3. The molecule has 2 rings (SSSR count). The quantitative estimate of drug-likeness (QED) is 0.807. The summed E-state index contributed by atoms with van der Waals surface area (Å²) in [7, 11) is 1.59. The molecule has 0 saturated carbocycles.